The van der Waals surface area contributed by atoms with Gasteiger partial charge in [-0.25, -0.2) is 9.97 Å². The van der Waals surface area contributed by atoms with Crippen molar-refractivity contribution in [1.29, 1.82) is 0 Å². The van der Waals surface area contributed by atoms with E-state index in [0.29, 0.717) is 30.9 Å². The number of rotatable bonds is 2. The van der Waals surface area contributed by atoms with Gasteiger partial charge in [-0.05, 0) is 12.0 Å². The Morgan fingerprint density at radius 2 is 2.42 bits per heavy atom. The highest BCUT2D eigenvalue weighted by molar-refractivity contribution is 5.92. The number of carbonyl (C=O) groups excluding carboxylic acids is 1. The van der Waals surface area contributed by atoms with Crippen LogP contribution in [0.1, 0.15) is 16.9 Å². The lowest BCUT2D eigenvalue weighted by Gasteiger charge is -2.14. The second-order valence-electron chi connectivity index (χ2n) is 4.36. The number of likely N-dealkylation sites (tertiary alicyclic amines) is 1. The molecule has 8 heteroatoms. The fourth-order valence-electron chi connectivity index (χ4n) is 2.19. The minimum absolute atomic E-state index is 0.133. The number of amides is 1. The van der Waals surface area contributed by atoms with Crippen molar-refractivity contribution in [3.05, 3.63) is 40.9 Å². The number of aromatic nitrogens is 3. The zero-order valence-corrected chi connectivity index (χ0v) is 10.0. The van der Waals surface area contributed by atoms with Crippen LogP contribution >= 0.6 is 0 Å². The topological polar surface area (TPSA) is 99.3 Å². The Morgan fingerprint density at radius 1 is 1.53 bits per heavy atom. The maximum absolute atomic E-state index is 12.3. The lowest BCUT2D eigenvalue weighted by Crippen LogP contribution is -2.30. The molecule has 0 radical (unpaired) electrons. The second-order valence-corrected chi connectivity index (χ2v) is 4.36. The lowest BCUT2D eigenvalue weighted by atomic mass is 10.3. The van der Waals surface area contributed by atoms with Gasteiger partial charge in [0.2, 0.25) is 0 Å². The van der Waals surface area contributed by atoms with Crippen molar-refractivity contribution in [2.24, 2.45) is 5.11 Å². The van der Waals surface area contributed by atoms with Crippen molar-refractivity contribution in [3.63, 3.8) is 0 Å². The number of nitrogens with zero attached hydrogens (tertiary/aromatic N) is 7. The Labute approximate surface area is 108 Å². The molecule has 0 N–H and O–H groups in total. The van der Waals surface area contributed by atoms with E-state index in [1.165, 1.54) is 0 Å². The molecule has 2 aromatic rings. The van der Waals surface area contributed by atoms with Crippen LogP contribution in [-0.4, -0.2) is 44.3 Å². The zero-order chi connectivity index (χ0) is 13.2. The molecule has 1 aliphatic heterocycles. The number of hydrogen-bond donors (Lipinski definition) is 0. The van der Waals surface area contributed by atoms with Gasteiger partial charge >= 0.3 is 0 Å². The third-order valence-corrected chi connectivity index (χ3v) is 3.16. The normalized spacial score (nSPS) is 18.5. The van der Waals surface area contributed by atoms with Crippen LogP contribution in [0.2, 0.25) is 0 Å². The molecule has 0 saturated carbocycles. The van der Waals surface area contributed by atoms with Gasteiger partial charge in [0, 0.05) is 36.6 Å². The van der Waals surface area contributed by atoms with Gasteiger partial charge in [-0.15, -0.1) is 0 Å². The van der Waals surface area contributed by atoms with Crippen molar-refractivity contribution in [2.75, 3.05) is 13.1 Å². The molecule has 0 aliphatic carbocycles. The summed E-state index contributed by atoms with van der Waals surface area (Å²) in [5.41, 5.74) is 9.46. The van der Waals surface area contributed by atoms with Crippen molar-refractivity contribution in [2.45, 2.75) is 12.5 Å². The third-order valence-electron chi connectivity index (χ3n) is 3.16. The van der Waals surface area contributed by atoms with Gasteiger partial charge in [0.1, 0.15) is 5.69 Å². The molecule has 1 saturated heterocycles. The van der Waals surface area contributed by atoms with Crippen LogP contribution in [0.25, 0.3) is 16.1 Å². The average molecular weight is 257 g/mol. The van der Waals surface area contributed by atoms with E-state index in [0.717, 1.165) is 0 Å². The first kappa shape index (κ1) is 11.5. The van der Waals surface area contributed by atoms with Crippen molar-refractivity contribution < 1.29 is 4.79 Å². The van der Waals surface area contributed by atoms with Crippen molar-refractivity contribution in [1.82, 2.24) is 19.3 Å². The van der Waals surface area contributed by atoms with Gasteiger partial charge in [-0.2, -0.15) is 0 Å². The predicted octanol–water partition coefficient (Wildman–Crippen LogP) is 1.25. The minimum atomic E-state index is -0.147. The van der Waals surface area contributed by atoms with Gasteiger partial charge in [-0.3, -0.25) is 4.79 Å². The highest BCUT2D eigenvalue weighted by atomic mass is 16.2. The van der Waals surface area contributed by atoms with E-state index in [9.17, 15) is 4.79 Å². The first-order valence-corrected chi connectivity index (χ1v) is 5.90. The van der Waals surface area contributed by atoms with E-state index in [1.807, 2.05) is 0 Å². The summed E-state index contributed by atoms with van der Waals surface area (Å²) in [5.74, 6) is -0.147. The van der Waals surface area contributed by atoms with Crippen LogP contribution in [0.3, 0.4) is 0 Å². The summed E-state index contributed by atoms with van der Waals surface area (Å²) in [6.45, 7) is 1.04. The summed E-state index contributed by atoms with van der Waals surface area (Å²) < 4.78 is 1.75. The number of hydrogen-bond acceptors (Lipinski definition) is 4. The molecule has 0 aromatic carbocycles. The zero-order valence-electron chi connectivity index (χ0n) is 10.0. The molecule has 96 valence electrons. The molecule has 3 heterocycles. The van der Waals surface area contributed by atoms with E-state index < -0.39 is 0 Å². The number of azide groups is 1. The fourth-order valence-corrected chi connectivity index (χ4v) is 2.19. The first-order chi connectivity index (χ1) is 9.28. The first-order valence-electron chi connectivity index (χ1n) is 5.90. The van der Waals surface area contributed by atoms with Crippen LogP contribution in [-0.2, 0) is 0 Å². The predicted molar refractivity (Wildman–Crippen MR) is 66.4 cm³/mol. The van der Waals surface area contributed by atoms with Gasteiger partial charge in [0.15, 0.2) is 5.65 Å². The van der Waals surface area contributed by atoms with Gasteiger partial charge < -0.3 is 9.30 Å². The maximum Gasteiger partial charge on any atom is 0.273 e. The van der Waals surface area contributed by atoms with Gasteiger partial charge in [0.05, 0.1) is 12.2 Å². The molecular formula is C11H11N7O. The van der Waals surface area contributed by atoms with Crippen LogP contribution in [0.15, 0.2) is 29.9 Å². The fraction of sp³-hybridized carbons (Fsp3) is 0.364. The minimum Gasteiger partial charge on any atom is -0.337 e. The molecule has 1 unspecified atom stereocenters. The van der Waals surface area contributed by atoms with E-state index in [2.05, 4.69) is 20.0 Å². The van der Waals surface area contributed by atoms with E-state index >= 15 is 0 Å². The molecule has 2 aromatic heterocycles. The Hall–Kier alpha value is -2.60. The molecular weight excluding hydrogens is 246 g/mol. The van der Waals surface area contributed by atoms with Crippen molar-refractivity contribution >= 4 is 11.6 Å². The molecule has 8 nitrogen and oxygen atoms in total. The summed E-state index contributed by atoms with van der Waals surface area (Å²) in [4.78, 5) is 24.9. The number of carbonyl (C=O) groups is 1. The highest BCUT2D eigenvalue weighted by Gasteiger charge is 2.27. The molecule has 0 spiro atoms. The SMILES string of the molecule is [N-]=[N+]=NC1CCN(C(=O)c2cn3ccnc3cn2)C1. The molecule has 1 aliphatic rings. The van der Waals surface area contributed by atoms with Crippen LogP contribution in [0.5, 0.6) is 0 Å². The third kappa shape index (κ3) is 2.09. The lowest BCUT2D eigenvalue weighted by molar-refractivity contribution is 0.0784. The largest absolute Gasteiger partial charge is 0.337 e. The summed E-state index contributed by atoms with van der Waals surface area (Å²) >= 11 is 0. The van der Waals surface area contributed by atoms with Crippen LogP contribution < -0.4 is 0 Å². The van der Waals surface area contributed by atoms with Crippen LogP contribution in [0.4, 0.5) is 0 Å². The molecule has 1 amide bonds. The summed E-state index contributed by atoms with van der Waals surface area (Å²) in [6, 6.07) is -0.133. The Morgan fingerprint density at radius 3 is 3.26 bits per heavy atom. The van der Waals surface area contributed by atoms with Gasteiger partial charge in [-0.1, -0.05) is 5.11 Å². The molecule has 1 atom stereocenters. The smallest absolute Gasteiger partial charge is 0.273 e. The standard InChI is InChI=1S/C11H11N7O/c12-16-15-8-1-3-18(6-8)11(19)9-7-17-4-2-13-10(17)5-14-9/h2,4-5,7-8H,1,3,6H2. The van der Waals surface area contributed by atoms with Gasteiger partial charge in [0.25, 0.3) is 5.91 Å². The summed E-state index contributed by atoms with van der Waals surface area (Å²) in [7, 11) is 0. The van der Waals surface area contributed by atoms with E-state index in [1.54, 1.807) is 34.1 Å². The number of imidazole rings is 1. The number of fused-ring (bicyclic) bond motifs is 1. The molecule has 3 rings (SSSR count). The Kier molecular flexibility index (Phi) is 2.77. The van der Waals surface area contributed by atoms with Crippen molar-refractivity contribution in [3.8, 4) is 0 Å². The van der Waals surface area contributed by atoms with E-state index in [4.69, 9.17) is 5.53 Å². The monoisotopic (exact) mass is 257 g/mol. The van der Waals surface area contributed by atoms with Crippen LogP contribution in [0, 0.1) is 0 Å². The average Bonchev–Trinajstić information content (AvgIpc) is 3.05. The maximum atomic E-state index is 12.3. The van der Waals surface area contributed by atoms with E-state index in [-0.39, 0.29) is 11.9 Å². The second kappa shape index (κ2) is 4.58. The highest BCUT2D eigenvalue weighted by Crippen LogP contribution is 2.15. The summed E-state index contributed by atoms with van der Waals surface area (Å²) in [5, 5.41) is 3.64. The Bertz CT molecular complexity index is 672. The molecule has 1 fully saturated rings. The summed E-state index contributed by atoms with van der Waals surface area (Å²) in [6.07, 6.45) is 7.34. The molecule has 19 heavy (non-hydrogen) atoms. The Balaban J connectivity index is 1.81. The quantitative estimate of drug-likeness (QED) is 0.459. The molecule has 0 bridgehead atoms.